The van der Waals surface area contributed by atoms with Crippen molar-refractivity contribution in [3.63, 3.8) is 0 Å². The van der Waals surface area contributed by atoms with Crippen LogP contribution in [0.1, 0.15) is 39.0 Å². The molecule has 92 valence electrons. The van der Waals surface area contributed by atoms with Gasteiger partial charge in [-0.25, -0.2) is 0 Å². The van der Waals surface area contributed by atoms with Crippen LogP contribution in [0.4, 0.5) is 0 Å². The van der Waals surface area contributed by atoms with E-state index in [1.807, 2.05) is 24.3 Å². The zero-order chi connectivity index (χ0) is 12.6. The zero-order valence-electron chi connectivity index (χ0n) is 10.5. The predicted octanol–water partition coefficient (Wildman–Crippen LogP) is 4.52. The molecule has 0 saturated carbocycles. The Bertz CT molecular complexity index is 524. The fourth-order valence-corrected chi connectivity index (χ4v) is 2.21. The molecule has 2 aromatic rings. The van der Waals surface area contributed by atoms with Gasteiger partial charge in [0.25, 0.3) is 0 Å². The second kappa shape index (κ2) is 4.35. The maximum absolute atomic E-state index is 6.16. The highest BCUT2D eigenvalue weighted by Gasteiger charge is 2.20. The Hall–Kier alpha value is -0.990. The van der Waals surface area contributed by atoms with E-state index in [1.165, 1.54) is 0 Å². The monoisotopic (exact) mass is 251 g/mol. The molecule has 0 aliphatic heterocycles. The van der Waals surface area contributed by atoms with Gasteiger partial charge >= 0.3 is 0 Å². The molecule has 2 rings (SSSR count). The minimum Gasteiger partial charge on any atom is -0.458 e. The molecular weight excluding hydrogens is 234 g/mol. The van der Waals surface area contributed by atoms with Crippen molar-refractivity contribution in [2.45, 2.75) is 33.2 Å². The molecule has 0 spiro atoms. The maximum atomic E-state index is 6.16. The lowest BCUT2D eigenvalue weighted by atomic mass is 9.87. The van der Waals surface area contributed by atoms with Crippen LogP contribution in [0.5, 0.6) is 0 Å². The van der Waals surface area contributed by atoms with Crippen LogP contribution < -0.4 is 5.73 Å². The second-order valence-corrected chi connectivity index (χ2v) is 6.09. The van der Waals surface area contributed by atoms with Gasteiger partial charge in [0.15, 0.2) is 5.58 Å². The van der Waals surface area contributed by atoms with E-state index in [4.69, 9.17) is 21.8 Å². The Morgan fingerprint density at radius 2 is 2.06 bits per heavy atom. The third kappa shape index (κ3) is 2.82. The summed E-state index contributed by atoms with van der Waals surface area (Å²) in [4.78, 5) is 0. The molecule has 1 atom stereocenters. The van der Waals surface area contributed by atoms with Gasteiger partial charge < -0.3 is 10.2 Å². The first-order chi connectivity index (χ1) is 7.87. The molecule has 0 fully saturated rings. The molecule has 3 heteroatoms. The van der Waals surface area contributed by atoms with E-state index in [1.54, 1.807) is 0 Å². The van der Waals surface area contributed by atoms with E-state index in [0.29, 0.717) is 5.02 Å². The van der Waals surface area contributed by atoms with Gasteiger partial charge in [-0.2, -0.15) is 0 Å². The van der Waals surface area contributed by atoms with Crippen LogP contribution in [-0.4, -0.2) is 0 Å². The first-order valence-electron chi connectivity index (χ1n) is 5.80. The molecular formula is C14H18ClNO. The Morgan fingerprint density at radius 1 is 1.35 bits per heavy atom. The van der Waals surface area contributed by atoms with Crippen LogP contribution in [0, 0.1) is 5.41 Å². The van der Waals surface area contributed by atoms with Crippen molar-refractivity contribution in [3.8, 4) is 0 Å². The van der Waals surface area contributed by atoms with Crippen molar-refractivity contribution in [1.29, 1.82) is 0 Å². The summed E-state index contributed by atoms with van der Waals surface area (Å²) in [7, 11) is 0. The van der Waals surface area contributed by atoms with Gasteiger partial charge in [0, 0.05) is 5.39 Å². The van der Waals surface area contributed by atoms with Crippen molar-refractivity contribution in [2.24, 2.45) is 11.1 Å². The Kier molecular flexibility index (Phi) is 3.19. The Labute approximate surface area is 107 Å². The maximum Gasteiger partial charge on any atom is 0.152 e. The van der Waals surface area contributed by atoms with Crippen molar-refractivity contribution in [1.82, 2.24) is 0 Å². The fraction of sp³-hybridized carbons (Fsp3) is 0.429. The first kappa shape index (κ1) is 12.5. The molecule has 0 bridgehead atoms. The summed E-state index contributed by atoms with van der Waals surface area (Å²) in [6.07, 6.45) is 0.879. The van der Waals surface area contributed by atoms with Gasteiger partial charge in [-0.1, -0.05) is 44.5 Å². The number of hydrogen-bond donors (Lipinski definition) is 1. The topological polar surface area (TPSA) is 39.2 Å². The Balaban J connectivity index is 2.34. The molecule has 0 radical (unpaired) electrons. The molecule has 1 aromatic carbocycles. The molecule has 0 amide bonds. The Morgan fingerprint density at radius 3 is 2.65 bits per heavy atom. The number of furan rings is 1. The third-order valence-corrected chi connectivity index (χ3v) is 3.01. The van der Waals surface area contributed by atoms with E-state index in [-0.39, 0.29) is 11.5 Å². The highest BCUT2D eigenvalue weighted by Crippen LogP contribution is 2.33. The summed E-state index contributed by atoms with van der Waals surface area (Å²) in [5.74, 6) is 0.808. The first-order valence-corrected chi connectivity index (χ1v) is 6.18. The summed E-state index contributed by atoms with van der Waals surface area (Å²) < 4.78 is 5.75. The largest absolute Gasteiger partial charge is 0.458 e. The molecule has 0 aliphatic rings. The van der Waals surface area contributed by atoms with Gasteiger partial charge in [-0.15, -0.1) is 0 Å². The van der Waals surface area contributed by atoms with Gasteiger partial charge in [-0.3, -0.25) is 0 Å². The number of fused-ring (bicyclic) bond motifs is 1. The lowest BCUT2D eigenvalue weighted by molar-refractivity contribution is 0.321. The summed E-state index contributed by atoms with van der Waals surface area (Å²) in [5, 5.41) is 1.65. The quantitative estimate of drug-likeness (QED) is 0.852. The SMILES string of the molecule is CC(C)(C)CC(N)c1cc2cccc(Cl)c2o1. The summed E-state index contributed by atoms with van der Waals surface area (Å²) in [6, 6.07) is 7.62. The highest BCUT2D eigenvalue weighted by atomic mass is 35.5. The molecule has 1 unspecified atom stereocenters. The molecule has 0 saturated heterocycles. The van der Waals surface area contributed by atoms with Crippen LogP contribution in [-0.2, 0) is 0 Å². The average Bonchev–Trinajstić information content (AvgIpc) is 2.60. The average molecular weight is 252 g/mol. The molecule has 0 aliphatic carbocycles. The van der Waals surface area contributed by atoms with E-state index in [2.05, 4.69) is 20.8 Å². The summed E-state index contributed by atoms with van der Waals surface area (Å²) in [5.41, 5.74) is 7.07. The van der Waals surface area contributed by atoms with Gasteiger partial charge in [0.1, 0.15) is 5.76 Å². The number of benzene rings is 1. The molecule has 1 aromatic heterocycles. The van der Waals surface area contributed by atoms with Crippen molar-refractivity contribution >= 4 is 22.6 Å². The fourth-order valence-electron chi connectivity index (χ4n) is 1.99. The van der Waals surface area contributed by atoms with Crippen LogP contribution in [0.2, 0.25) is 5.02 Å². The predicted molar refractivity (Wildman–Crippen MR) is 72.2 cm³/mol. The van der Waals surface area contributed by atoms with E-state index in [0.717, 1.165) is 23.2 Å². The van der Waals surface area contributed by atoms with Crippen LogP contribution in [0.15, 0.2) is 28.7 Å². The number of rotatable bonds is 2. The van der Waals surface area contributed by atoms with E-state index >= 15 is 0 Å². The van der Waals surface area contributed by atoms with Crippen LogP contribution in [0.25, 0.3) is 11.0 Å². The van der Waals surface area contributed by atoms with Crippen molar-refractivity contribution in [3.05, 3.63) is 35.0 Å². The lowest BCUT2D eigenvalue weighted by Crippen LogP contribution is -2.18. The highest BCUT2D eigenvalue weighted by molar-refractivity contribution is 6.34. The zero-order valence-corrected chi connectivity index (χ0v) is 11.2. The number of halogens is 1. The molecule has 17 heavy (non-hydrogen) atoms. The normalized spacial score (nSPS) is 14.2. The molecule has 1 heterocycles. The minimum atomic E-state index is -0.0848. The standard InChI is InChI=1S/C14H18ClNO/c1-14(2,3)8-11(16)12-7-9-5-4-6-10(15)13(9)17-12/h4-7,11H,8,16H2,1-3H3. The summed E-state index contributed by atoms with van der Waals surface area (Å²) >= 11 is 6.07. The van der Waals surface area contributed by atoms with Crippen LogP contribution in [0.3, 0.4) is 0 Å². The minimum absolute atomic E-state index is 0.0848. The van der Waals surface area contributed by atoms with Crippen molar-refractivity contribution < 1.29 is 4.42 Å². The van der Waals surface area contributed by atoms with E-state index < -0.39 is 0 Å². The van der Waals surface area contributed by atoms with Gasteiger partial charge in [0.2, 0.25) is 0 Å². The van der Waals surface area contributed by atoms with Gasteiger partial charge in [-0.05, 0) is 24.0 Å². The smallest absolute Gasteiger partial charge is 0.152 e. The van der Waals surface area contributed by atoms with E-state index in [9.17, 15) is 0 Å². The van der Waals surface area contributed by atoms with Gasteiger partial charge in [0.05, 0.1) is 11.1 Å². The summed E-state index contributed by atoms with van der Waals surface area (Å²) in [6.45, 7) is 6.51. The number of hydrogen-bond acceptors (Lipinski definition) is 2. The molecule has 2 N–H and O–H groups in total. The number of nitrogens with two attached hydrogens (primary N) is 1. The molecule has 2 nitrogen and oxygen atoms in total. The number of para-hydroxylation sites is 1. The van der Waals surface area contributed by atoms with Crippen LogP contribution >= 0.6 is 11.6 Å². The lowest BCUT2D eigenvalue weighted by Gasteiger charge is -2.21. The second-order valence-electron chi connectivity index (χ2n) is 5.68. The van der Waals surface area contributed by atoms with Crippen molar-refractivity contribution in [2.75, 3.05) is 0 Å². The third-order valence-electron chi connectivity index (χ3n) is 2.71.